The average molecular weight is 628 g/mol. The molecule has 0 N–H and O–H groups in total. The van der Waals surface area contributed by atoms with Crippen LogP contribution in [-0.4, -0.2) is 15.0 Å². The Labute approximate surface area is 284 Å². The summed E-state index contributed by atoms with van der Waals surface area (Å²) in [7, 11) is 0. The summed E-state index contributed by atoms with van der Waals surface area (Å²) in [6.45, 7) is 0. The second-order valence-corrected chi connectivity index (χ2v) is 12.1. The minimum absolute atomic E-state index is 0.572. The molecule has 0 fully saturated rings. The molecule has 2 aromatic heterocycles. The molecule has 0 aliphatic heterocycles. The molecule has 0 atom stereocenters. The SMILES string of the molecule is c1ccc(-c2cccc(-c3cccc(-c4ccc(-c5nc(-c6ccccc6)nc(-c6cccc7c6oc6ccccc67)n5)cc4)c3)c2)cc1. The van der Waals surface area contributed by atoms with E-state index in [1.54, 1.807) is 0 Å². The van der Waals surface area contributed by atoms with Crippen molar-refractivity contribution in [3.05, 3.63) is 176 Å². The topological polar surface area (TPSA) is 51.8 Å². The summed E-state index contributed by atoms with van der Waals surface area (Å²) in [6.07, 6.45) is 0. The van der Waals surface area contributed by atoms with Gasteiger partial charge in [0.1, 0.15) is 11.2 Å². The van der Waals surface area contributed by atoms with Gasteiger partial charge in [0.2, 0.25) is 0 Å². The Morgan fingerprint density at radius 2 is 0.735 bits per heavy atom. The van der Waals surface area contributed by atoms with Crippen LogP contribution in [0.2, 0.25) is 0 Å². The summed E-state index contributed by atoms with van der Waals surface area (Å²) in [5.74, 6) is 1.79. The lowest BCUT2D eigenvalue weighted by atomic mass is 9.96. The monoisotopic (exact) mass is 627 g/mol. The zero-order valence-corrected chi connectivity index (χ0v) is 26.5. The Balaban J connectivity index is 1.10. The van der Waals surface area contributed by atoms with E-state index in [1.165, 1.54) is 22.3 Å². The molecule has 0 aliphatic carbocycles. The quantitative estimate of drug-likeness (QED) is 0.184. The molecule has 0 spiro atoms. The third-order valence-corrected chi connectivity index (χ3v) is 8.95. The Kier molecular flexibility index (Phi) is 7.10. The minimum atomic E-state index is 0.572. The first-order chi connectivity index (χ1) is 24.3. The standard InChI is InChI=1S/C45H29N3O/c1-3-12-30(13-4-1)34-16-9-18-36(28-34)37-19-10-17-35(29-37)31-24-26-33(27-25-31)44-46-43(32-14-5-2-6-15-32)47-45(48-44)40-22-11-21-39-38-20-7-8-23-41(38)49-42(39)40/h1-29H. The highest BCUT2D eigenvalue weighted by molar-refractivity contribution is 6.09. The Bertz CT molecular complexity index is 2590. The molecular weight excluding hydrogens is 599 g/mol. The number of rotatable bonds is 6. The van der Waals surface area contributed by atoms with E-state index in [1.807, 2.05) is 66.7 Å². The van der Waals surface area contributed by atoms with Crippen molar-refractivity contribution in [3.8, 4) is 67.5 Å². The van der Waals surface area contributed by atoms with Crippen LogP contribution in [0.4, 0.5) is 0 Å². The molecular formula is C45H29N3O. The summed E-state index contributed by atoms with van der Waals surface area (Å²) in [5, 5.41) is 2.11. The van der Waals surface area contributed by atoms with E-state index in [0.29, 0.717) is 17.5 Å². The maximum absolute atomic E-state index is 6.36. The van der Waals surface area contributed by atoms with Gasteiger partial charge in [-0.2, -0.15) is 0 Å². The highest BCUT2D eigenvalue weighted by Crippen LogP contribution is 2.36. The van der Waals surface area contributed by atoms with Crippen molar-refractivity contribution >= 4 is 21.9 Å². The molecule has 9 aromatic rings. The van der Waals surface area contributed by atoms with Crippen LogP contribution in [0.5, 0.6) is 0 Å². The van der Waals surface area contributed by atoms with E-state index in [0.717, 1.165) is 49.8 Å². The van der Waals surface area contributed by atoms with Crippen molar-refractivity contribution in [2.75, 3.05) is 0 Å². The third-order valence-electron chi connectivity index (χ3n) is 8.95. The van der Waals surface area contributed by atoms with Gasteiger partial charge in [-0.3, -0.25) is 0 Å². The van der Waals surface area contributed by atoms with Gasteiger partial charge in [-0.25, -0.2) is 15.0 Å². The van der Waals surface area contributed by atoms with Crippen LogP contribution in [0.15, 0.2) is 180 Å². The number of hydrogen-bond acceptors (Lipinski definition) is 4. The molecule has 49 heavy (non-hydrogen) atoms. The number of fused-ring (bicyclic) bond motifs is 3. The first kappa shape index (κ1) is 28.6. The zero-order chi connectivity index (χ0) is 32.6. The molecule has 230 valence electrons. The lowest BCUT2D eigenvalue weighted by molar-refractivity contribution is 0.669. The second-order valence-electron chi connectivity index (χ2n) is 12.1. The lowest BCUT2D eigenvalue weighted by Gasteiger charge is -2.10. The van der Waals surface area contributed by atoms with Crippen LogP contribution in [-0.2, 0) is 0 Å². The molecule has 0 saturated carbocycles. The number of aromatic nitrogens is 3. The number of nitrogens with zero attached hydrogens (tertiary/aromatic N) is 3. The molecule has 9 rings (SSSR count). The fraction of sp³-hybridized carbons (Fsp3) is 0. The molecule has 0 amide bonds. The summed E-state index contributed by atoms with van der Waals surface area (Å²) in [4.78, 5) is 15.0. The van der Waals surface area contributed by atoms with Crippen LogP contribution in [0, 0.1) is 0 Å². The molecule has 4 nitrogen and oxygen atoms in total. The maximum Gasteiger partial charge on any atom is 0.167 e. The average Bonchev–Trinajstić information content (AvgIpc) is 3.58. The molecule has 2 heterocycles. The van der Waals surface area contributed by atoms with Gasteiger partial charge in [0.05, 0.1) is 5.56 Å². The lowest BCUT2D eigenvalue weighted by Crippen LogP contribution is -2.00. The van der Waals surface area contributed by atoms with Crippen LogP contribution < -0.4 is 0 Å². The van der Waals surface area contributed by atoms with Gasteiger partial charge in [0, 0.05) is 21.9 Å². The van der Waals surface area contributed by atoms with Gasteiger partial charge in [-0.05, 0) is 57.6 Å². The Hall–Kier alpha value is -6.65. The van der Waals surface area contributed by atoms with Crippen molar-refractivity contribution in [2.24, 2.45) is 0 Å². The number of hydrogen-bond donors (Lipinski definition) is 0. The third kappa shape index (κ3) is 5.45. The fourth-order valence-electron chi connectivity index (χ4n) is 6.46. The van der Waals surface area contributed by atoms with Crippen LogP contribution >= 0.6 is 0 Å². The van der Waals surface area contributed by atoms with E-state index in [4.69, 9.17) is 19.4 Å². The molecule has 7 aromatic carbocycles. The number of benzene rings is 7. The van der Waals surface area contributed by atoms with Gasteiger partial charge in [-0.15, -0.1) is 0 Å². The van der Waals surface area contributed by atoms with E-state index in [2.05, 4.69) is 109 Å². The van der Waals surface area contributed by atoms with Crippen LogP contribution in [0.1, 0.15) is 0 Å². The predicted molar refractivity (Wildman–Crippen MR) is 200 cm³/mol. The van der Waals surface area contributed by atoms with Gasteiger partial charge in [0.15, 0.2) is 17.5 Å². The summed E-state index contributed by atoms with van der Waals surface area (Å²) in [6, 6.07) is 60.6. The predicted octanol–water partition coefficient (Wildman–Crippen LogP) is 11.8. The maximum atomic E-state index is 6.36. The van der Waals surface area contributed by atoms with Gasteiger partial charge < -0.3 is 4.42 Å². The Morgan fingerprint density at radius 1 is 0.306 bits per heavy atom. The first-order valence-electron chi connectivity index (χ1n) is 16.4. The van der Waals surface area contributed by atoms with Crippen molar-refractivity contribution < 1.29 is 4.42 Å². The van der Waals surface area contributed by atoms with Crippen molar-refractivity contribution in [1.82, 2.24) is 15.0 Å². The van der Waals surface area contributed by atoms with Crippen molar-refractivity contribution in [3.63, 3.8) is 0 Å². The summed E-state index contributed by atoms with van der Waals surface area (Å²) in [5.41, 5.74) is 11.3. The molecule has 0 radical (unpaired) electrons. The largest absolute Gasteiger partial charge is 0.455 e. The normalized spacial score (nSPS) is 11.3. The Morgan fingerprint density at radius 3 is 1.39 bits per heavy atom. The van der Waals surface area contributed by atoms with Gasteiger partial charge in [-0.1, -0.05) is 152 Å². The number of furan rings is 1. The smallest absolute Gasteiger partial charge is 0.167 e. The van der Waals surface area contributed by atoms with Gasteiger partial charge >= 0.3 is 0 Å². The fourth-order valence-corrected chi connectivity index (χ4v) is 6.46. The van der Waals surface area contributed by atoms with Crippen LogP contribution in [0.25, 0.3) is 89.5 Å². The van der Waals surface area contributed by atoms with E-state index < -0.39 is 0 Å². The minimum Gasteiger partial charge on any atom is -0.455 e. The summed E-state index contributed by atoms with van der Waals surface area (Å²) < 4.78 is 6.36. The first-order valence-corrected chi connectivity index (χ1v) is 16.4. The highest BCUT2D eigenvalue weighted by atomic mass is 16.3. The summed E-state index contributed by atoms with van der Waals surface area (Å²) >= 11 is 0. The van der Waals surface area contributed by atoms with Crippen molar-refractivity contribution in [2.45, 2.75) is 0 Å². The number of para-hydroxylation sites is 2. The van der Waals surface area contributed by atoms with Crippen molar-refractivity contribution in [1.29, 1.82) is 0 Å². The molecule has 4 heteroatoms. The second kappa shape index (κ2) is 12.2. The van der Waals surface area contributed by atoms with E-state index in [-0.39, 0.29) is 0 Å². The highest BCUT2D eigenvalue weighted by Gasteiger charge is 2.17. The molecule has 0 unspecified atom stereocenters. The molecule has 0 aliphatic rings. The van der Waals surface area contributed by atoms with E-state index >= 15 is 0 Å². The molecule has 0 bridgehead atoms. The van der Waals surface area contributed by atoms with Crippen LogP contribution in [0.3, 0.4) is 0 Å². The van der Waals surface area contributed by atoms with Gasteiger partial charge in [0.25, 0.3) is 0 Å². The molecule has 0 saturated heterocycles. The zero-order valence-electron chi connectivity index (χ0n) is 26.5. The van der Waals surface area contributed by atoms with E-state index in [9.17, 15) is 0 Å².